The highest BCUT2D eigenvalue weighted by atomic mass is 15.2. The van der Waals surface area contributed by atoms with Crippen LogP contribution in [-0.4, -0.2) is 24.0 Å². The molecule has 1 heterocycles. The lowest BCUT2D eigenvalue weighted by molar-refractivity contribution is 0.181. The lowest BCUT2D eigenvalue weighted by atomic mass is 9.65. The summed E-state index contributed by atoms with van der Waals surface area (Å²) in [5, 5.41) is 0. The fourth-order valence-electron chi connectivity index (χ4n) is 2.81. The predicted octanol–water partition coefficient (Wildman–Crippen LogP) is 2.83. The van der Waals surface area contributed by atoms with Crippen molar-refractivity contribution in [1.82, 2.24) is 4.90 Å². The van der Waals surface area contributed by atoms with Crippen LogP contribution in [0.4, 0.5) is 0 Å². The average molecular weight is 179 g/mol. The number of allylic oxidation sites excluding steroid dienone is 2. The first-order chi connectivity index (χ1) is 6.15. The summed E-state index contributed by atoms with van der Waals surface area (Å²) in [7, 11) is 0. The molecule has 1 saturated carbocycles. The van der Waals surface area contributed by atoms with Crippen molar-refractivity contribution in [3.63, 3.8) is 0 Å². The zero-order valence-corrected chi connectivity index (χ0v) is 9.14. The third-order valence-electron chi connectivity index (χ3n) is 3.81. The molecule has 1 aliphatic carbocycles. The molecule has 0 atom stereocenters. The molecule has 1 spiro atoms. The summed E-state index contributed by atoms with van der Waals surface area (Å²) in [6.45, 7) is 9.48. The van der Waals surface area contributed by atoms with Gasteiger partial charge in [0.1, 0.15) is 0 Å². The van der Waals surface area contributed by atoms with Gasteiger partial charge in [0, 0.05) is 12.6 Å². The van der Waals surface area contributed by atoms with Crippen LogP contribution in [0.3, 0.4) is 0 Å². The largest absolute Gasteiger partial charge is 0.300 e. The number of nitrogens with zero attached hydrogens (tertiary/aromatic N) is 1. The summed E-state index contributed by atoms with van der Waals surface area (Å²) in [6, 6.07) is 0.744. The lowest BCUT2D eigenvalue weighted by Crippen LogP contribution is -2.37. The molecular formula is C12H21N. The summed E-state index contributed by atoms with van der Waals surface area (Å²) < 4.78 is 0. The van der Waals surface area contributed by atoms with Gasteiger partial charge in [0.15, 0.2) is 0 Å². The summed E-state index contributed by atoms with van der Waals surface area (Å²) in [5.41, 5.74) is 2.39. The molecular weight excluding hydrogens is 158 g/mol. The Balaban J connectivity index is 1.93. The van der Waals surface area contributed by atoms with Crippen molar-refractivity contribution in [2.24, 2.45) is 5.41 Å². The smallest absolute Gasteiger partial charge is 0.00473 e. The molecule has 0 aromatic carbocycles. The van der Waals surface area contributed by atoms with Gasteiger partial charge in [0.05, 0.1) is 0 Å². The fourth-order valence-corrected chi connectivity index (χ4v) is 2.81. The van der Waals surface area contributed by atoms with Crippen LogP contribution in [-0.2, 0) is 0 Å². The Morgan fingerprint density at radius 1 is 1.38 bits per heavy atom. The van der Waals surface area contributed by atoms with Crippen LogP contribution < -0.4 is 0 Å². The van der Waals surface area contributed by atoms with Gasteiger partial charge in [-0.05, 0) is 52.0 Å². The summed E-state index contributed by atoms with van der Waals surface area (Å²) >= 11 is 0. The molecule has 13 heavy (non-hydrogen) atoms. The van der Waals surface area contributed by atoms with E-state index in [1.165, 1.54) is 32.4 Å². The van der Waals surface area contributed by atoms with E-state index < -0.39 is 0 Å². The highest BCUT2D eigenvalue weighted by molar-refractivity contribution is 5.20. The lowest BCUT2D eigenvalue weighted by Gasteiger charge is -2.41. The molecule has 0 amide bonds. The molecule has 1 aliphatic heterocycles. The highest BCUT2D eigenvalue weighted by Crippen LogP contribution is 2.51. The van der Waals surface area contributed by atoms with Gasteiger partial charge in [0.25, 0.3) is 0 Å². The molecule has 1 nitrogen and oxygen atoms in total. The molecule has 0 bridgehead atoms. The monoisotopic (exact) mass is 179 g/mol. The van der Waals surface area contributed by atoms with Crippen molar-refractivity contribution >= 4 is 0 Å². The van der Waals surface area contributed by atoms with E-state index in [1.807, 2.05) is 0 Å². The van der Waals surface area contributed by atoms with Gasteiger partial charge in [-0.15, -0.1) is 0 Å². The van der Waals surface area contributed by atoms with E-state index in [4.69, 9.17) is 0 Å². The molecule has 0 aromatic heterocycles. The highest BCUT2D eigenvalue weighted by Gasteiger charge is 2.45. The van der Waals surface area contributed by atoms with Crippen LogP contribution in [0, 0.1) is 5.41 Å². The van der Waals surface area contributed by atoms with Crippen LogP contribution in [0.2, 0.25) is 0 Å². The first-order valence-corrected chi connectivity index (χ1v) is 5.53. The number of likely N-dealkylation sites (tertiary alicyclic amines) is 1. The molecule has 0 unspecified atom stereocenters. The summed E-state index contributed by atoms with van der Waals surface area (Å²) in [4.78, 5) is 2.63. The number of hydrogen-bond donors (Lipinski definition) is 0. The first kappa shape index (κ1) is 9.26. The first-order valence-electron chi connectivity index (χ1n) is 5.53. The maximum Gasteiger partial charge on any atom is 0.00473 e. The van der Waals surface area contributed by atoms with Crippen LogP contribution in [0.5, 0.6) is 0 Å². The van der Waals surface area contributed by atoms with Crippen molar-refractivity contribution in [1.29, 1.82) is 0 Å². The molecule has 2 rings (SSSR count). The molecule has 0 radical (unpaired) electrons. The second-order valence-electron chi connectivity index (χ2n) is 5.11. The van der Waals surface area contributed by atoms with Gasteiger partial charge >= 0.3 is 0 Å². The predicted molar refractivity (Wildman–Crippen MR) is 56.8 cm³/mol. The van der Waals surface area contributed by atoms with Gasteiger partial charge in [-0.3, -0.25) is 0 Å². The quantitative estimate of drug-likeness (QED) is 0.559. The van der Waals surface area contributed by atoms with Crippen molar-refractivity contribution in [2.75, 3.05) is 13.1 Å². The van der Waals surface area contributed by atoms with E-state index in [0.717, 1.165) is 6.04 Å². The molecule has 2 fully saturated rings. The van der Waals surface area contributed by atoms with Crippen molar-refractivity contribution in [2.45, 2.75) is 46.1 Å². The van der Waals surface area contributed by atoms with Crippen molar-refractivity contribution < 1.29 is 0 Å². The molecule has 2 aliphatic rings. The van der Waals surface area contributed by atoms with E-state index in [2.05, 4.69) is 31.7 Å². The third kappa shape index (κ3) is 1.54. The van der Waals surface area contributed by atoms with Crippen LogP contribution in [0.1, 0.15) is 40.0 Å². The zero-order chi connectivity index (χ0) is 9.47. The van der Waals surface area contributed by atoms with E-state index in [-0.39, 0.29) is 0 Å². The van der Waals surface area contributed by atoms with Gasteiger partial charge in [-0.25, -0.2) is 0 Å². The van der Waals surface area contributed by atoms with E-state index in [0.29, 0.717) is 5.41 Å². The topological polar surface area (TPSA) is 3.24 Å². The molecule has 0 aromatic rings. The normalized spacial score (nSPS) is 34.3. The van der Waals surface area contributed by atoms with Gasteiger partial charge < -0.3 is 4.90 Å². The Bertz CT molecular complexity index is 219. The second-order valence-corrected chi connectivity index (χ2v) is 5.11. The second kappa shape index (κ2) is 3.13. The molecule has 0 N–H and O–H groups in total. The van der Waals surface area contributed by atoms with Crippen molar-refractivity contribution in [3.8, 4) is 0 Å². The van der Waals surface area contributed by atoms with Gasteiger partial charge in [0.2, 0.25) is 0 Å². The zero-order valence-electron chi connectivity index (χ0n) is 9.14. The Labute approximate surface area is 81.8 Å². The Morgan fingerprint density at radius 2 is 2.08 bits per heavy atom. The van der Waals surface area contributed by atoms with Gasteiger partial charge in [-0.1, -0.05) is 11.6 Å². The Hall–Kier alpha value is -0.300. The van der Waals surface area contributed by atoms with Crippen LogP contribution in [0.25, 0.3) is 0 Å². The molecule has 1 heteroatoms. The maximum atomic E-state index is 2.63. The SMILES string of the molecule is CC=C1CC2(CCN(C(C)C)C2)C1. The third-order valence-corrected chi connectivity index (χ3v) is 3.81. The average Bonchev–Trinajstić information content (AvgIpc) is 2.45. The molecule has 1 saturated heterocycles. The van der Waals surface area contributed by atoms with Crippen LogP contribution >= 0.6 is 0 Å². The minimum Gasteiger partial charge on any atom is -0.300 e. The van der Waals surface area contributed by atoms with Crippen molar-refractivity contribution in [3.05, 3.63) is 11.6 Å². The van der Waals surface area contributed by atoms with E-state index in [9.17, 15) is 0 Å². The number of rotatable bonds is 1. The van der Waals surface area contributed by atoms with Gasteiger partial charge in [-0.2, -0.15) is 0 Å². The minimum atomic E-state index is 0.701. The van der Waals surface area contributed by atoms with Crippen LogP contribution in [0.15, 0.2) is 11.6 Å². The standard InChI is InChI=1S/C12H21N/c1-4-11-7-12(8-11)5-6-13(9-12)10(2)3/h4,10H,5-9H2,1-3H3. The maximum absolute atomic E-state index is 2.63. The van der Waals surface area contributed by atoms with E-state index >= 15 is 0 Å². The minimum absolute atomic E-state index is 0.701. The summed E-state index contributed by atoms with van der Waals surface area (Å²) in [5.74, 6) is 0. The Kier molecular flexibility index (Phi) is 2.23. The van der Waals surface area contributed by atoms with E-state index in [1.54, 1.807) is 5.57 Å². The fraction of sp³-hybridized carbons (Fsp3) is 0.833. The molecule has 74 valence electrons. The number of hydrogen-bond acceptors (Lipinski definition) is 1. The summed E-state index contributed by atoms with van der Waals surface area (Å²) in [6.07, 6.45) is 6.51. The Morgan fingerprint density at radius 3 is 2.54 bits per heavy atom.